The first-order chi connectivity index (χ1) is 8.52. The van der Waals surface area contributed by atoms with Gasteiger partial charge in [-0.3, -0.25) is 4.79 Å². The first-order valence-corrected chi connectivity index (χ1v) is 5.51. The fourth-order valence-electron chi connectivity index (χ4n) is 1.20. The minimum absolute atomic E-state index is 0.0492. The van der Waals surface area contributed by atoms with Crippen LogP contribution in [0.1, 0.15) is 6.92 Å². The number of ether oxygens (including phenoxy) is 1. The summed E-state index contributed by atoms with van der Waals surface area (Å²) < 4.78 is 17.9. The maximum absolute atomic E-state index is 12.6. The van der Waals surface area contributed by atoms with Crippen molar-refractivity contribution in [1.29, 1.82) is 0 Å². The lowest BCUT2D eigenvalue weighted by molar-refractivity contribution is -0.127. The maximum atomic E-state index is 12.6. The smallest absolute Gasteiger partial charge is 0.260 e. The van der Waals surface area contributed by atoms with Gasteiger partial charge in [0.2, 0.25) is 0 Å². The van der Waals surface area contributed by atoms with Gasteiger partial charge in [0, 0.05) is 6.54 Å². The van der Waals surface area contributed by atoms with Gasteiger partial charge in [0.05, 0.1) is 12.7 Å². The number of benzene rings is 1. The van der Waals surface area contributed by atoms with Gasteiger partial charge in [-0.1, -0.05) is 0 Å². The zero-order valence-corrected chi connectivity index (χ0v) is 9.97. The number of hydrogen-bond acceptors (Lipinski definition) is 4. The molecule has 0 aliphatic rings. The number of aliphatic hydroxyl groups excluding tert-OH is 2. The van der Waals surface area contributed by atoms with Gasteiger partial charge in [0.1, 0.15) is 11.6 Å². The van der Waals surface area contributed by atoms with Crippen molar-refractivity contribution in [3.63, 3.8) is 0 Å². The van der Waals surface area contributed by atoms with Crippen LogP contribution in [0.25, 0.3) is 0 Å². The number of nitrogens with one attached hydrogen (secondary N) is 1. The molecule has 0 aliphatic heterocycles. The molecule has 1 aromatic rings. The number of carbonyl (C=O) groups is 1. The first kappa shape index (κ1) is 14.4. The maximum Gasteiger partial charge on any atom is 0.260 e. The van der Waals surface area contributed by atoms with Crippen LogP contribution in [0, 0.1) is 5.82 Å². The summed E-state index contributed by atoms with van der Waals surface area (Å²) >= 11 is 0. The van der Waals surface area contributed by atoms with Gasteiger partial charge in [-0.15, -0.1) is 0 Å². The molecule has 0 saturated heterocycles. The van der Waals surface area contributed by atoms with Gasteiger partial charge in [-0.2, -0.15) is 0 Å². The Morgan fingerprint density at radius 2 is 2.06 bits per heavy atom. The van der Waals surface area contributed by atoms with E-state index in [1.165, 1.54) is 31.2 Å². The van der Waals surface area contributed by atoms with E-state index in [9.17, 15) is 9.18 Å². The Bertz CT molecular complexity index is 382. The van der Waals surface area contributed by atoms with Gasteiger partial charge in [0.15, 0.2) is 6.10 Å². The quantitative estimate of drug-likeness (QED) is 0.673. The van der Waals surface area contributed by atoms with Crippen LogP contribution in [0.4, 0.5) is 4.39 Å². The van der Waals surface area contributed by atoms with E-state index in [0.29, 0.717) is 5.75 Å². The minimum atomic E-state index is -0.994. The van der Waals surface area contributed by atoms with Crippen LogP contribution < -0.4 is 10.1 Å². The predicted molar refractivity (Wildman–Crippen MR) is 62.6 cm³/mol. The zero-order valence-electron chi connectivity index (χ0n) is 9.97. The molecule has 3 N–H and O–H groups in total. The third-order valence-electron chi connectivity index (χ3n) is 2.22. The lowest BCUT2D eigenvalue weighted by Gasteiger charge is -2.15. The normalized spacial score (nSPS) is 13.8. The first-order valence-electron chi connectivity index (χ1n) is 5.51. The summed E-state index contributed by atoms with van der Waals surface area (Å²) in [6.45, 7) is 1.06. The Morgan fingerprint density at radius 1 is 1.44 bits per heavy atom. The van der Waals surface area contributed by atoms with E-state index in [0.717, 1.165) is 0 Å². The van der Waals surface area contributed by atoms with Gasteiger partial charge in [-0.05, 0) is 31.2 Å². The average molecular weight is 257 g/mol. The molecule has 5 nitrogen and oxygen atoms in total. The van der Waals surface area contributed by atoms with E-state index in [-0.39, 0.29) is 12.4 Å². The highest BCUT2D eigenvalue weighted by atomic mass is 19.1. The van der Waals surface area contributed by atoms with Crippen molar-refractivity contribution >= 4 is 5.91 Å². The van der Waals surface area contributed by atoms with Crippen LogP contribution in [0.15, 0.2) is 24.3 Å². The predicted octanol–water partition coefficient (Wildman–Crippen LogP) is 0.0624. The fraction of sp³-hybridized carbons (Fsp3) is 0.417. The molecule has 2 unspecified atom stereocenters. The number of aliphatic hydroxyl groups is 2. The van der Waals surface area contributed by atoms with E-state index in [1.54, 1.807) is 0 Å². The highest BCUT2D eigenvalue weighted by Crippen LogP contribution is 2.12. The Morgan fingerprint density at radius 3 is 2.61 bits per heavy atom. The topological polar surface area (TPSA) is 78.8 Å². The van der Waals surface area contributed by atoms with Crippen LogP contribution in [0.2, 0.25) is 0 Å². The summed E-state index contributed by atoms with van der Waals surface area (Å²) in [6.07, 6.45) is -1.77. The molecule has 0 fully saturated rings. The van der Waals surface area contributed by atoms with Crippen LogP contribution in [0.5, 0.6) is 5.75 Å². The Hall–Kier alpha value is -1.66. The van der Waals surface area contributed by atoms with E-state index in [4.69, 9.17) is 14.9 Å². The van der Waals surface area contributed by atoms with E-state index in [2.05, 4.69) is 5.32 Å². The number of carbonyl (C=O) groups excluding carboxylic acids is 1. The number of amides is 1. The summed E-state index contributed by atoms with van der Waals surface area (Å²) in [5.41, 5.74) is 0. The van der Waals surface area contributed by atoms with Gasteiger partial charge >= 0.3 is 0 Å². The Kier molecular flexibility index (Phi) is 5.54. The van der Waals surface area contributed by atoms with Crippen molar-refractivity contribution in [2.45, 2.75) is 19.1 Å². The van der Waals surface area contributed by atoms with E-state index >= 15 is 0 Å². The minimum Gasteiger partial charge on any atom is -0.481 e. The summed E-state index contributed by atoms with van der Waals surface area (Å²) in [7, 11) is 0. The van der Waals surface area contributed by atoms with E-state index in [1.807, 2.05) is 0 Å². The van der Waals surface area contributed by atoms with Crippen LogP contribution in [-0.2, 0) is 4.79 Å². The van der Waals surface area contributed by atoms with Crippen molar-refractivity contribution in [3.8, 4) is 5.75 Å². The molecule has 100 valence electrons. The molecular weight excluding hydrogens is 241 g/mol. The number of hydrogen-bond donors (Lipinski definition) is 3. The van der Waals surface area contributed by atoms with Gasteiger partial charge < -0.3 is 20.3 Å². The standard InChI is InChI=1S/C12H16FNO4/c1-8(12(17)14-6-10(16)7-15)18-11-4-2-9(13)3-5-11/h2-5,8,10,15-16H,6-7H2,1H3,(H,14,17). The summed E-state index contributed by atoms with van der Waals surface area (Å²) in [6, 6.07) is 5.30. The number of rotatable bonds is 6. The van der Waals surface area contributed by atoms with Crippen LogP contribution in [0.3, 0.4) is 0 Å². The highest BCUT2D eigenvalue weighted by Gasteiger charge is 2.15. The lowest BCUT2D eigenvalue weighted by Crippen LogP contribution is -2.41. The molecular formula is C12H16FNO4. The van der Waals surface area contributed by atoms with Gasteiger partial charge in [-0.25, -0.2) is 4.39 Å². The average Bonchev–Trinajstić information content (AvgIpc) is 2.38. The third kappa shape index (κ3) is 4.68. The van der Waals surface area contributed by atoms with Crippen LogP contribution in [-0.4, -0.2) is 41.5 Å². The zero-order chi connectivity index (χ0) is 13.5. The van der Waals surface area contributed by atoms with Crippen molar-refractivity contribution < 1.29 is 24.1 Å². The Balaban J connectivity index is 2.42. The van der Waals surface area contributed by atoms with Crippen LogP contribution >= 0.6 is 0 Å². The van der Waals surface area contributed by atoms with Crippen molar-refractivity contribution in [1.82, 2.24) is 5.32 Å². The van der Waals surface area contributed by atoms with E-state index < -0.39 is 24.7 Å². The molecule has 6 heteroatoms. The molecule has 0 saturated carbocycles. The summed E-state index contributed by atoms with van der Waals surface area (Å²) in [5.74, 6) is -0.431. The second-order valence-electron chi connectivity index (χ2n) is 3.80. The molecule has 1 amide bonds. The molecule has 1 aromatic carbocycles. The Labute approximate surface area is 104 Å². The molecule has 1 rings (SSSR count). The van der Waals surface area contributed by atoms with Crippen molar-refractivity contribution in [3.05, 3.63) is 30.1 Å². The van der Waals surface area contributed by atoms with Gasteiger partial charge in [0.25, 0.3) is 5.91 Å². The third-order valence-corrected chi connectivity index (χ3v) is 2.22. The molecule has 0 radical (unpaired) electrons. The number of halogens is 1. The molecule has 0 bridgehead atoms. The monoisotopic (exact) mass is 257 g/mol. The lowest BCUT2D eigenvalue weighted by atomic mass is 10.3. The second-order valence-corrected chi connectivity index (χ2v) is 3.80. The summed E-state index contributed by atoms with van der Waals surface area (Å²) in [5, 5.41) is 20.1. The second kappa shape index (κ2) is 6.93. The van der Waals surface area contributed by atoms with Crippen molar-refractivity contribution in [2.24, 2.45) is 0 Å². The highest BCUT2D eigenvalue weighted by molar-refractivity contribution is 5.80. The largest absolute Gasteiger partial charge is 0.481 e. The summed E-state index contributed by atoms with van der Waals surface area (Å²) in [4.78, 5) is 11.5. The molecule has 18 heavy (non-hydrogen) atoms. The van der Waals surface area contributed by atoms with Crippen molar-refractivity contribution in [2.75, 3.05) is 13.2 Å². The molecule has 0 aliphatic carbocycles. The molecule has 2 atom stereocenters. The molecule has 0 aromatic heterocycles. The molecule has 0 spiro atoms. The molecule has 0 heterocycles. The SMILES string of the molecule is CC(Oc1ccc(F)cc1)C(=O)NCC(O)CO. The fourth-order valence-corrected chi connectivity index (χ4v) is 1.20.